The van der Waals surface area contributed by atoms with Crippen molar-refractivity contribution in [2.45, 2.75) is 26.8 Å². The van der Waals surface area contributed by atoms with Crippen LogP contribution in [-0.2, 0) is 16.1 Å². The van der Waals surface area contributed by atoms with Crippen LogP contribution in [0.4, 0.5) is 5.69 Å². The highest BCUT2D eigenvalue weighted by molar-refractivity contribution is 6.42. The number of nitrogens with one attached hydrogen (secondary N) is 1. The molecule has 0 aromatic heterocycles. The van der Waals surface area contributed by atoms with Crippen LogP contribution in [-0.4, -0.2) is 18.4 Å². The number of amides is 2. The summed E-state index contributed by atoms with van der Waals surface area (Å²) in [7, 11) is 0. The van der Waals surface area contributed by atoms with Crippen molar-refractivity contribution in [2.24, 2.45) is 0 Å². The van der Waals surface area contributed by atoms with Crippen LogP contribution in [0.15, 0.2) is 42.5 Å². The summed E-state index contributed by atoms with van der Waals surface area (Å²) in [4.78, 5) is 25.5. The van der Waals surface area contributed by atoms with Gasteiger partial charge in [-0.25, -0.2) is 0 Å². The van der Waals surface area contributed by atoms with Crippen LogP contribution in [0.1, 0.15) is 24.5 Å². The van der Waals surface area contributed by atoms with Crippen LogP contribution in [0.5, 0.6) is 0 Å². The van der Waals surface area contributed by atoms with E-state index in [0.29, 0.717) is 22.3 Å². The molecular weight excluding hydrogens is 359 g/mol. The largest absolute Gasteiger partial charge is 0.352 e. The number of halogens is 2. The minimum Gasteiger partial charge on any atom is -0.352 e. The fourth-order valence-electron chi connectivity index (χ4n) is 2.33. The van der Waals surface area contributed by atoms with Gasteiger partial charge in [-0.15, -0.1) is 0 Å². The molecule has 132 valence electrons. The third-order valence-corrected chi connectivity index (χ3v) is 4.51. The molecule has 0 atom stereocenters. The zero-order valence-electron chi connectivity index (χ0n) is 14.2. The smallest absolute Gasteiger partial charge is 0.223 e. The Hall–Kier alpha value is -2.04. The predicted octanol–water partition coefficient (Wildman–Crippen LogP) is 4.36. The number of carbonyl (C=O) groups is 2. The van der Waals surface area contributed by atoms with Gasteiger partial charge in [-0.05, 0) is 30.7 Å². The SMILES string of the molecule is CC(=O)N(CCC(=O)NCc1ccc(C)cc1)c1ccc(Cl)c(Cl)c1. The van der Waals surface area contributed by atoms with Gasteiger partial charge in [0.05, 0.1) is 10.0 Å². The maximum atomic E-state index is 12.1. The molecule has 0 radical (unpaired) electrons. The number of anilines is 1. The zero-order chi connectivity index (χ0) is 18.4. The predicted molar refractivity (Wildman–Crippen MR) is 102 cm³/mol. The van der Waals surface area contributed by atoms with Gasteiger partial charge >= 0.3 is 0 Å². The first-order chi connectivity index (χ1) is 11.9. The molecule has 0 spiro atoms. The normalized spacial score (nSPS) is 10.4. The quantitative estimate of drug-likeness (QED) is 0.811. The van der Waals surface area contributed by atoms with Gasteiger partial charge in [-0.3, -0.25) is 9.59 Å². The lowest BCUT2D eigenvalue weighted by atomic mass is 10.1. The van der Waals surface area contributed by atoms with Crippen molar-refractivity contribution < 1.29 is 9.59 Å². The van der Waals surface area contributed by atoms with Crippen molar-refractivity contribution in [2.75, 3.05) is 11.4 Å². The van der Waals surface area contributed by atoms with E-state index in [1.807, 2.05) is 31.2 Å². The van der Waals surface area contributed by atoms with Crippen molar-refractivity contribution in [3.05, 3.63) is 63.6 Å². The van der Waals surface area contributed by atoms with E-state index in [9.17, 15) is 9.59 Å². The number of carbonyl (C=O) groups excluding carboxylic acids is 2. The third kappa shape index (κ3) is 5.76. The number of rotatable bonds is 6. The van der Waals surface area contributed by atoms with Gasteiger partial charge in [-0.2, -0.15) is 0 Å². The number of nitrogens with zero attached hydrogens (tertiary/aromatic N) is 1. The molecule has 2 aromatic carbocycles. The van der Waals surface area contributed by atoms with E-state index in [1.54, 1.807) is 18.2 Å². The minimum absolute atomic E-state index is 0.119. The Balaban J connectivity index is 1.91. The molecule has 0 fully saturated rings. The van der Waals surface area contributed by atoms with E-state index in [4.69, 9.17) is 23.2 Å². The maximum absolute atomic E-state index is 12.1. The molecule has 0 bridgehead atoms. The summed E-state index contributed by atoms with van der Waals surface area (Å²) in [6, 6.07) is 12.9. The molecule has 6 heteroatoms. The van der Waals surface area contributed by atoms with Crippen molar-refractivity contribution in [1.29, 1.82) is 0 Å². The molecule has 2 rings (SSSR count). The molecule has 0 aliphatic heterocycles. The molecule has 0 saturated heterocycles. The summed E-state index contributed by atoms with van der Waals surface area (Å²) in [6.07, 6.45) is 0.200. The number of aryl methyl sites for hydroxylation is 1. The first kappa shape index (κ1) is 19.3. The second-order valence-electron chi connectivity index (χ2n) is 5.78. The lowest BCUT2D eigenvalue weighted by molar-refractivity contribution is -0.121. The summed E-state index contributed by atoms with van der Waals surface area (Å²) in [5.74, 6) is -0.281. The molecule has 1 N–H and O–H groups in total. The average molecular weight is 379 g/mol. The van der Waals surface area contributed by atoms with E-state index >= 15 is 0 Å². The number of hydrogen-bond acceptors (Lipinski definition) is 2. The van der Waals surface area contributed by atoms with Crippen molar-refractivity contribution in [1.82, 2.24) is 5.32 Å². The summed E-state index contributed by atoms with van der Waals surface area (Å²) in [5, 5.41) is 3.65. The first-order valence-corrected chi connectivity index (χ1v) is 8.68. The van der Waals surface area contributed by atoms with Gasteiger partial charge in [0.15, 0.2) is 0 Å². The summed E-state index contributed by atoms with van der Waals surface area (Å²) in [5.41, 5.74) is 2.83. The molecule has 0 saturated carbocycles. The van der Waals surface area contributed by atoms with Crippen LogP contribution >= 0.6 is 23.2 Å². The highest BCUT2D eigenvalue weighted by Crippen LogP contribution is 2.27. The van der Waals surface area contributed by atoms with Gasteiger partial charge in [-0.1, -0.05) is 53.0 Å². The molecular formula is C19H20Cl2N2O2. The van der Waals surface area contributed by atoms with E-state index in [-0.39, 0.29) is 24.8 Å². The van der Waals surface area contributed by atoms with Crippen LogP contribution in [0.25, 0.3) is 0 Å². The highest BCUT2D eigenvalue weighted by atomic mass is 35.5. The van der Waals surface area contributed by atoms with Crippen LogP contribution in [0.3, 0.4) is 0 Å². The lowest BCUT2D eigenvalue weighted by Gasteiger charge is -2.21. The minimum atomic E-state index is -0.162. The lowest BCUT2D eigenvalue weighted by Crippen LogP contribution is -2.33. The molecule has 2 aromatic rings. The van der Waals surface area contributed by atoms with E-state index in [2.05, 4.69) is 5.32 Å². The van der Waals surface area contributed by atoms with Gasteiger partial charge in [0.2, 0.25) is 11.8 Å². The molecule has 0 unspecified atom stereocenters. The highest BCUT2D eigenvalue weighted by Gasteiger charge is 2.14. The van der Waals surface area contributed by atoms with E-state index in [0.717, 1.165) is 5.56 Å². The van der Waals surface area contributed by atoms with Gasteiger partial charge in [0.1, 0.15) is 0 Å². The average Bonchev–Trinajstić information content (AvgIpc) is 2.57. The summed E-state index contributed by atoms with van der Waals surface area (Å²) >= 11 is 11.9. The monoisotopic (exact) mass is 378 g/mol. The van der Waals surface area contributed by atoms with Crippen LogP contribution in [0.2, 0.25) is 10.0 Å². The fraction of sp³-hybridized carbons (Fsp3) is 0.263. The third-order valence-electron chi connectivity index (χ3n) is 3.77. The Bertz CT molecular complexity index is 761. The topological polar surface area (TPSA) is 49.4 Å². The van der Waals surface area contributed by atoms with Crippen LogP contribution < -0.4 is 10.2 Å². The van der Waals surface area contributed by atoms with Crippen molar-refractivity contribution in [3.8, 4) is 0 Å². The molecule has 4 nitrogen and oxygen atoms in total. The second kappa shape index (κ2) is 8.88. The molecule has 0 heterocycles. The molecule has 0 aliphatic carbocycles. The Labute approximate surface area is 157 Å². The van der Waals surface area contributed by atoms with Crippen molar-refractivity contribution in [3.63, 3.8) is 0 Å². The van der Waals surface area contributed by atoms with E-state index in [1.165, 1.54) is 17.4 Å². The number of hydrogen-bond donors (Lipinski definition) is 1. The Morgan fingerprint density at radius 1 is 1.04 bits per heavy atom. The van der Waals surface area contributed by atoms with Crippen LogP contribution in [0, 0.1) is 6.92 Å². The zero-order valence-corrected chi connectivity index (χ0v) is 15.7. The first-order valence-electron chi connectivity index (χ1n) is 7.92. The Kier molecular flexibility index (Phi) is 6.85. The molecule has 25 heavy (non-hydrogen) atoms. The van der Waals surface area contributed by atoms with E-state index < -0.39 is 0 Å². The maximum Gasteiger partial charge on any atom is 0.223 e. The molecule has 2 amide bonds. The van der Waals surface area contributed by atoms with Gasteiger partial charge < -0.3 is 10.2 Å². The van der Waals surface area contributed by atoms with Crippen molar-refractivity contribution >= 4 is 40.7 Å². The van der Waals surface area contributed by atoms with Gasteiger partial charge in [0.25, 0.3) is 0 Å². The second-order valence-corrected chi connectivity index (χ2v) is 6.60. The molecule has 0 aliphatic rings. The number of benzene rings is 2. The fourth-order valence-corrected chi connectivity index (χ4v) is 2.62. The Morgan fingerprint density at radius 3 is 2.32 bits per heavy atom. The summed E-state index contributed by atoms with van der Waals surface area (Å²) < 4.78 is 0. The standard InChI is InChI=1S/C19H20Cl2N2O2/c1-13-3-5-15(6-4-13)12-22-19(25)9-10-23(14(2)24)16-7-8-17(20)18(21)11-16/h3-8,11H,9-10,12H2,1-2H3,(H,22,25). The van der Waals surface area contributed by atoms with Gasteiger partial charge in [0, 0.05) is 32.1 Å². The Morgan fingerprint density at radius 2 is 1.72 bits per heavy atom. The summed E-state index contributed by atoms with van der Waals surface area (Å²) in [6.45, 7) is 4.20.